The molecule has 1 N–H and O–H groups in total. The number of hydrazone groups is 1. The summed E-state index contributed by atoms with van der Waals surface area (Å²) in [5, 5.41) is 5.82. The Morgan fingerprint density at radius 2 is 1.95 bits per heavy atom. The van der Waals surface area contributed by atoms with E-state index in [-0.39, 0.29) is 4.90 Å². The summed E-state index contributed by atoms with van der Waals surface area (Å²) >= 11 is 1.50. The minimum atomic E-state index is -3.66. The number of nitrogens with zero attached hydrogens (tertiary/aromatic N) is 1. The van der Waals surface area contributed by atoms with Crippen LogP contribution in [0, 0.1) is 0 Å². The Labute approximate surface area is 122 Å². The van der Waals surface area contributed by atoms with E-state index >= 15 is 0 Å². The Kier molecular flexibility index (Phi) is 4.41. The SMILES string of the molecule is COc1ccc(S(=O)(=O)NN=C(C)c2cccs2)cc1. The van der Waals surface area contributed by atoms with Crippen molar-refractivity contribution >= 4 is 27.1 Å². The molecule has 106 valence electrons. The molecular weight excluding hydrogens is 296 g/mol. The molecule has 0 atom stereocenters. The third kappa shape index (κ3) is 3.37. The highest BCUT2D eigenvalue weighted by Gasteiger charge is 2.13. The van der Waals surface area contributed by atoms with Crippen LogP contribution < -0.4 is 9.57 Å². The van der Waals surface area contributed by atoms with Crippen molar-refractivity contribution < 1.29 is 13.2 Å². The first-order valence-electron chi connectivity index (χ1n) is 5.77. The van der Waals surface area contributed by atoms with Crippen molar-refractivity contribution in [2.45, 2.75) is 11.8 Å². The molecule has 0 amide bonds. The molecule has 2 rings (SSSR count). The molecule has 1 aromatic carbocycles. The number of benzene rings is 1. The summed E-state index contributed by atoms with van der Waals surface area (Å²) < 4.78 is 29.1. The van der Waals surface area contributed by atoms with E-state index in [0.717, 1.165) is 4.88 Å². The summed E-state index contributed by atoms with van der Waals surface area (Å²) in [6.07, 6.45) is 0. The Balaban J connectivity index is 2.16. The van der Waals surface area contributed by atoms with Crippen LogP contribution >= 0.6 is 11.3 Å². The van der Waals surface area contributed by atoms with Gasteiger partial charge < -0.3 is 4.74 Å². The van der Waals surface area contributed by atoms with E-state index in [2.05, 4.69) is 9.93 Å². The first-order valence-corrected chi connectivity index (χ1v) is 8.13. The third-order valence-electron chi connectivity index (χ3n) is 2.58. The zero-order valence-corrected chi connectivity index (χ0v) is 12.7. The van der Waals surface area contributed by atoms with Crippen LogP contribution in [0.2, 0.25) is 0 Å². The molecule has 0 radical (unpaired) electrons. The number of hydrogen-bond acceptors (Lipinski definition) is 5. The maximum atomic E-state index is 12.1. The second kappa shape index (κ2) is 6.06. The Bertz CT molecular complexity index is 690. The molecule has 1 aromatic heterocycles. The Morgan fingerprint density at radius 1 is 1.25 bits per heavy atom. The number of methoxy groups -OCH3 is 1. The molecule has 0 saturated heterocycles. The first-order chi connectivity index (χ1) is 9.53. The van der Waals surface area contributed by atoms with Gasteiger partial charge in [0.2, 0.25) is 0 Å². The van der Waals surface area contributed by atoms with Gasteiger partial charge in [0.25, 0.3) is 10.0 Å². The van der Waals surface area contributed by atoms with E-state index in [1.165, 1.54) is 30.6 Å². The molecule has 0 aliphatic rings. The molecule has 20 heavy (non-hydrogen) atoms. The fourth-order valence-electron chi connectivity index (χ4n) is 1.48. The van der Waals surface area contributed by atoms with Gasteiger partial charge in [-0.3, -0.25) is 0 Å². The van der Waals surface area contributed by atoms with Crippen LogP contribution in [0.15, 0.2) is 51.8 Å². The fraction of sp³-hybridized carbons (Fsp3) is 0.154. The molecule has 0 spiro atoms. The number of nitrogens with one attached hydrogen (secondary N) is 1. The molecular formula is C13H14N2O3S2. The molecule has 0 unspecified atom stereocenters. The summed E-state index contributed by atoms with van der Waals surface area (Å²) in [6.45, 7) is 1.75. The molecule has 0 saturated carbocycles. The lowest BCUT2D eigenvalue weighted by Gasteiger charge is -2.05. The minimum Gasteiger partial charge on any atom is -0.497 e. The van der Waals surface area contributed by atoms with Gasteiger partial charge in [-0.1, -0.05) is 6.07 Å². The van der Waals surface area contributed by atoms with Gasteiger partial charge in [-0.15, -0.1) is 11.3 Å². The third-order valence-corrected chi connectivity index (χ3v) is 4.78. The topological polar surface area (TPSA) is 67.8 Å². The van der Waals surface area contributed by atoms with Crippen molar-refractivity contribution in [1.29, 1.82) is 0 Å². The van der Waals surface area contributed by atoms with Crippen LogP contribution in [-0.2, 0) is 10.0 Å². The number of hydrogen-bond donors (Lipinski definition) is 1. The van der Waals surface area contributed by atoms with Gasteiger partial charge in [-0.25, -0.2) is 0 Å². The Morgan fingerprint density at radius 3 is 2.50 bits per heavy atom. The monoisotopic (exact) mass is 310 g/mol. The molecule has 0 aliphatic heterocycles. The Hall–Kier alpha value is -1.86. The number of ether oxygens (including phenoxy) is 1. The van der Waals surface area contributed by atoms with Crippen LogP contribution in [0.4, 0.5) is 0 Å². The van der Waals surface area contributed by atoms with Crippen molar-refractivity contribution in [3.05, 3.63) is 46.7 Å². The van der Waals surface area contributed by atoms with Gasteiger partial charge >= 0.3 is 0 Å². The lowest BCUT2D eigenvalue weighted by atomic mass is 10.3. The van der Waals surface area contributed by atoms with Crippen LogP contribution in [0.3, 0.4) is 0 Å². The molecule has 0 aliphatic carbocycles. The maximum absolute atomic E-state index is 12.1. The van der Waals surface area contributed by atoms with Gasteiger partial charge in [0, 0.05) is 0 Å². The summed E-state index contributed by atoms with van der Waals surface area (Å²) in [4.78, 5) is 3.29. The number of rotatable bonds is 5. The van der Waals surface area contributed by atoms with E-state index < -0.39 is 10.0 Å². The van der Waals surface area contributed by atoms with Gasteiger partial charge in [-0.2, -0.15) is 18.4 Å². The zero-order chi connectivity index (χ0) is 14.6. The highest BCUT2D eigenvalue weighted by atomic mass is 32.2. The second-order valence-electron chi connectivity index (χ2n) is 3.94. The van der Waals surface area contributed by atoms with E-state index in [1.54, 1.807) is 19.1 Å². The molecule has 7 heteroatoms. The van der Waals surface area contributed by atoms with E-state index in [9.17, 15) is 8.42 Å². The quantitative estimate of drug-likeness (QED) is 0.681. The second-order valence-corrected chi connectivity index (χ2v) is 6.55. The number of sulfonamides is 1. The van der Waals surface area contributed by atoms with E-state index in [4.69, 9.17) is 4.74 Å². The molecule has 2 aromatic rings. The van der Waals surface area contributed by atoms with Crippen LogP contribution in [0.5, 0.6) is 5.75 Å². The molecule has 0 bridgehead atoms. The lowest BCUT2D eigenvalue weighted by Crippen LogP contribution is -2.19. The lowest BCUT2D eigenvalue weighted by molar-refractivity contribution is 0.414. The number of thiophene rings is 1. The standard InChI is InChI=1S/C13H14N2O3S2/c1-10(13-4-3-9-19-13)14-15-20(16,17)12-7-5-11(18-2)6-8-12/h3-9,15H,1-2H3. The van der Waals surface area contributed by atoms with Crippen molar-refractivity contribution in [1.82, 2.24) is 4.83 Å². The molecule has 5 nitrogen and oxygen atoms in total. The van der Waals surface area contributed by atoms with Crippen molar-refractivity contribution in [3.8, 4) is 5.75 Å². The highest BCUT2D eigenvalue weighted by Crippen LogP contribution is 2.15. The van der Waals surface area contributed by atoms with Crippen molar-refractivity contribution in [2.24, 2.45) is 5.10 Å². The summed E-state index contributed by atoms with van der Waals surface area (Å²) in [6, 6.07) is 9.88. The van der Waals surface area contributed by atoms with Crippen LogP contribution in [0.1, 0.15) is 11.8 Å². The van der Waals surface area contributed by atoms with E-state index in [0.29, 0.717) is 11.5 Å². The van der Waals surface area contributed by atoms with Crippen molar-refractivity contribution in [3.63, 3.8) is 0 Å². The first kappa shape index (κ1) is 14.5. The smallest absolute Gasteiger partial charge is 0.276 e. The largest absolute Gasteiger partial charge is 0.497 e. The summed E-state index contributed by atoms with van der Waals surface area (Å²) in [5.74, 6) is 0.599. The van der Waals surface area contributed by atoms with Gasteiger partial charge in [0.1, 0.15) is 5.75 Å². The highest BCUT2D eigenvalue weighted by molar-refractivity contribution is 7.89. The average Bonchev–Trinajstić information content (AvgIpc) is 2.99. The average molecular weight is 310 g/mol. The van der Waals surface area contributed by atoms with Gasteiger partial charge in [0.05, 0.1) is 22.6 Å². The molecule has 0 fully saturated rings. The zero-order valence-electron chi connectivity index (χ0n) is 11.0. The predicted octanol–water partition coefficient (Wildman–Crippen LogP) is 2.46. The van der Waals surface area contributed by atoms with Crippen LogP contribution in [-0.4, -0.2) is 21.2 Å². The summed E-state index contributed by atoms with van der Waals surface area (Å²) in [5.41, 5.74) is 0.622. The van der Waals surface area contributed by atoms with Gasteiger partial charge in [-0.05, 0) is 42.6 Å². The van der Waals surface area contributed by atoms with Crippen molar-refractivity contribution in [2.75, 3.05) is 7.11 Å². The van der Waals surface area contributed by atoms with Crippen LogP contribution in [0.25, 0.3) is 0 Å². The fourth-order valence-corrected chi connectivity index (χ4v) is 3.01. The normalized spacial score (nSPS) is 12.2. The molecule has 1 heterocycles. The predicted molar refractivity (Wildman–Crippen MR) is 79.8 cm³/mol. The maximum Gasteiger partial charge on any atom is 0.276 e. The minimum absolute atomic E-state index is 0.140. The summed E-state index contributed by atoms with van der Waals surface area (Å²) in [7, 11) is -2.14. The van der Waals surface area contributed by atoms with E-state index in [1.807, 2.05) is 17.5 Å². The van der Waals surface area contributed by atoms with Gasteiger partial charge in [0.15, 0.2) is 0 Å².